The fourth-order valence-corrected chi connectivity index (χ4v) is 1.57. The smallest absolute Gasteiger partial charge is 0.0396 e. The van der Waals surface area contributed by atoms with Crippen molar-refractivity contribution < 1.29 is 0 Å². The summed E-state index contributed by atoms with van der Waals surface area (Å²) in [6.45, 7) is 9.89. The lowest BCUT2D eigenvalue weighted by Gasteiger charge is -2.21. The molecule has 0 spiro atoms. The van der Waals surface area contributed by atoms with Crippen molar-refractivity contribution >= 4 is 5.69 Å². The summed E-state index contributed by atoms with van der Waals surface area (Å²) in [5.74, 6) is 0.611. The summed E-state index contributed by atoms with van der Waals surface area (Å²) in [6.07, 6.45) is 0. The maximum absolute atomic E-state index is 2.31. The molecule has 0 heterocycles. The molecule has 0 aliphatic rings. The molecule has 1 heteroatoms. The first kappa shape index (κ1) is 11.1. The Morgan fingerprint density at radius 2 is 1.93 bits per heavy atom. The minimum absolute atomic E-state index is 0.611. The summed E-state index contributed by atoms with van der Waals surface area (Å²) in [6, 6.07) is 6.76. The van der Waals surface area contributed by atoms with E-state index >= 15 is 0 Å². The lowest BCUT2D eigenvalue weighted by molar-refractivity contribution is 0.861. The van der Waals surface area contributed by atoms with Crippen LogP contribution in [0.4, 0.5) is 5.69 Å². The molecule has 0 saturated heterocycles. The van der Waals surface area contributed by atoms with E-state index in [2.05, 4.69) is 57.8 Å². The van der Waals surface area contributed by atoms with Crippen molar-refractivity contribution in [3.8, 4) is 0 Å². The standard InChI is InChI=1S/C13H21N/c1-6-14(5)13-9-12(10(2)3)8-7-11(13)4/h7-10H,6H2,1-5H3. The summed E-state index contributed by atoms with van der Waals surface area (Å²) in [5, 5.41) is 0. The average Bonchev–Trinajstić information content (AvgIpc) is 2.17. The van der Waals surface area contributed by atoms with Gasteiger partial charge in [-0.15, -0.1) is 0 Å². The maximum Gasteiger partial charge on any atom is 0.0396 e. The van der Waals surface area contributed by atoms with Crippen LogP contribution in [0, 0.1) is 6.92 Å². The van der Waals surface area contributed by atoms with Gasteiger partial charge in [-0.05, 0) is 37.0 Å². The van der Waals surface area contributed by atoms with E-state index in [4.69, 9.17) is 0 Å². The molecule has 0 aliphatic carbocycles. The minimum atomic E-state index is 0.611. The first-order valence-electron chi connectivity index (χ1n) is 5.38. The zero-order valence-electron chi connectivity index (χ0n) is 9.96. The quantitative estimate of drug-likeness (QED) is 0.706. The van der Waals surface area contributed by atoms with E-state index in [0.29, 0.717) is 5.92 Å². The highest BCUT2D eigenvalue weighted by atomic mass is 15.1. The molecule has 0 N–H and O–H groups in total. The molecule has 0 bridgehead atoms. The largest absolute Gasteiger partial charge is 0.375 e. The van der Waals surface area contributed by atoms with Gasteiger partial charge in [0.1, 0.15) is 0 Å². The number of hydrogen-bond donors (Lipinski definition) is 0. The Balaban J connectivity index is 3.08. The van der Waals surface area contributed by atoms with Crippen LogP contribution in [0.15, 0.2) is 18.2 Å². The molecule has 0 aliphatic heterocycles. The fourth-order valence-electron chi connectivity index (χ4n) is 1.57. The lowest BCUT2D eigenvalue weighted by Crippen LogP contribution is -2.17. The van der Waals surface area contributed by atoms with Crippen molar-refractivity contribution in [3.05, 3.63) is 29.3 Å². The van der Waals surface area contributed by atoms with Gasteiger partial charge in [0.25, 0.3) is 0 Å². The minimum Gasteiger partial charge on any atom is -0.375 e. The molecule has 0 unspecified atom stereocenters. The Hall–Kier alpha value is -0.980. The predicted molar refractivity (Wildman–Crippen MR) is 64.2 cm³/mol. The van der Waals surface area contributed by atoms with Crippen LogP contribution in [0.25, 0.3) is 0 Å². The second-order valence-electron chi connectivity index (χ2n) is 4.21. The third-order valence-electron chi connectivity index (χ3n) is 2.79. The summed E-state index contributed by atoms with van der Waals surface area (Å²) in [4.78, 5) is 2.29. The van der Waals surface area contributed by atoms with Crippen LogP contribution in [0.3, 0.4) is 0 Å². The molecule has 1 nitrogen and oxygen atoms in total. The highest BCUT2D eigenvalue weighted by Gasteiger charge is 2.05. The van der Waals surface area contributed by atoms with E-state index in [1.54, 1.807) is 0 Å². The Kier molecular flexibility index (Phi) is 3.56. The van der Waals surface area contributed by atoms with Gasteiger partial charge in [-0.1, -0.05) is 26.0 Å². The van der Waals surface area contributed by atoms with Crippen LogP contribution in [0.1, 0.15) is 37.8 Å². The van der Waals surface area contributed by atoms with Gasteiger partial charge in [0.15, 0.2) is 0 Å². The van der Waals surface area contributed by atoms with Gasteiger partial charge in [-0.25, -0.2) is 0 Å². The first-order valence-corrected chi connectivity index (χ1v) is 5.38. The van der Waals surface area contributed by atoms with Crippen molar-refractivity contribution in [3.63, 3.8) is 0 Å². The topological polar surface area (TPSA) is 3.24 Å². The molecular weight excluding hydrogens is 170 g/mol. The van der Waals surface area contributed by atoms with Gasteiger partial charge >= 0.3 is 0 Å². The second-order valence-corrected chi connectivity index (χ2v) is 4.21. The monoisotopic (exact) mass is 191 g/mol. The molecule has 0 saturated carbocycles. The van der Waals surface area contributed by atoms with Gasteiger partial charge in [0, 0.05) is 19.3 Å². The van der Waals surface area contributed by atoms with Crippen molar-refractivity contribution in [2.24, 2.45) is 0 Å². The van der Waals surface area contributed by atoms with Crippen molar-refractivity contribution in [1.82, 2.24) is 0 Å². The van der Waals surface area contributed by atoms with E-state index in [-0.39, 0.29) is 0 Å². The maximum atomic E-state index is 2.31. The second kappa shape index (κ2) is 4.50. The molecule has 1 rings (SSSR count). The summed E-state index contributed by atoms with van der Waals surface area (Å²) < 4.78 is 0. The van der Waals surface area contributed by atoms with Gasteiger partial charge in [-0.2, -0.15) is 0 Å². The van der Waals surface area contributed by atoms with Crippen LogP contribution >= 0.6 is 0 Å². The number of benzene rings is 1. The molecule has 1 aromatic carbocycles. The van der Waals surface area contributed by atoms with E-state index in [0.717, 1.165) is 6.54 Å². The predicted octanol–water partition coefficient (Wildman–Crippen LogP) is 3.57. The Bertz CT molecular complexity index is 302. The number of aryl methyl sites for hydroxylation is 1. The van der Waals surface area contributed by atoms with Crippen molar-refractivity contribution in [2.75, 3.05) is 18.5 Å². The van der Waals surface area contributed by atoms with Crippen LogP contribution in [0.2, 0.25) is 0 Å². The number of hydrogen-bond acceptors (Lipinski definition) is 1. The third-order valence-corrected chi connectivity index (χ3v) is 2.79. The van der Waals surface area contributed by atoms with Crippen LogP contribution in [-0.2, 0) is 0 Å². The van der Waals surface area contributed by atoms with Crippen molar-refractivity contribution in [2.45, 2.75) is 33.6 Å². The molecular formula is C13H21N. The molecule has 0 fully saturated rings. The molecule has 0 aromatic heterocycles. The third kappa shape index (κ3) is 2.28. The number of anilines is 1. The Morgan fingerprint density at radius 3 is 2.43 bits per heavy atom. The Morgan fingerprint density at radius 1 is 1.29 bits per heavy atom. The summed E-state index contributed by atoms with van der Waals surface area (Å²) in [5.41, 5.74) is 4.14. The highest BCUT2D eigenvalue weighted by molar-refractivity contribution is 5.54. The zero-order chi connectivity index (χ0) is 10.7. The summed E-state index contributed by atoms with van der Waals surface area (Å²) in [7, 11) is 2.15. The molecule has 1 aromatic rings. The van der Waals surface area contributed by atoms with Crippen molar-refractivity contribution in [1.29, 1.82) is 0 Å². The molecule has 78 valence electrons. The van der Waals surface area contributed by atoms with Crippen LogP contribution in [-0.4, -0.2) is 13.6 Å². The number of nitrogens with zero attached hydrogens (tertiary/aromatic N) is 1. The average molecular weight is 191 g/mol. The van der Waals surface area contributed by atoms with Gasteiger partial charge in [0.2, 0.25) is 0 Å². The van der Waals surface area contributed by atoms with Gasteiger partial charge in [0.05, 0.1) is 0 Å². The summed E-state index contributed by atoms with van der Waals surface area (Å²) >= 11 is 0. The normalized spacial score (nSPS) is 10.7. The Labute approximate surface area is 87.7 Å². The van der Waals surface area contributed by atoms with E-state index < -0.39 is 0 Å². The van der Waals surface area contributed by atoms with E-state index in [1.165, 1.54) is 16.8 Å². The highest BCUT2D eigenvalue weighted by Crippen LogP contribution is 2.24. The van der Waals surface area contributed by atoms with E-state index in [9.17, 15) is 0 Å². The van der Waals surface area contributed by atoms with Gasteiger partial charge < -0.3 is 4.90 Å². The molecule has 0 atom stereocenters. The molecule has 0 amide bonds. The number of rotatable bonds is 3. The fraction of sp³-hybridized carbons (Fsp3) is 0.538. The SMILES string of the molecule is CCN(C)c1cc(C(C)C)ccc1C. The molecule has 0 radical (unpaired) electrons. The molecule has 14 heavy (non-hydrogen) atoms. The lowest BCUT2D eigenvalue weighted by atomic mass is 10.0. The van der Waals surface area contributed by atoms with E-state index in [1.807, 2.05) is 0 Å². The van der Waals surface area contributed by atoms with Crippen LogP contribution in [0.5, 0.6) is 0 Å². The zero-order valence-corrected chi connectivity index (χ0v) is 9.96. The van der Waals surface area contributed by atoms with Crippen LogP contribution < -0.4 is 4.90 Å². The van der Waals surface area contributed by atoms with Gasteiger partial charge in [-0.3, -0.25) is 0 Å². The first-order chi connectivity index (χ1) is 6.56.